The number of amides is 5. The van der Waals surface area contributed by atoms with Crippen molar-refractivity contribution < 1.29 is 19.2 Å². The van der Waals surface area contributed by atoms with Crippen molar-refractivity contribution in [2.45, 2.75) is 18.7 Å². The van der Waals surface area contributed by atoms with Gasteiger partial charge in [0, 0.05) is 24.3 Å². The fourth-order valence-corrected chi connectivity index (χ4v) is 4.12. The van der Waals surface area contributed by atoms with Crippen LogP contribution in [0.15, 0.2) is 48.5 Å². The summed E-state index contributed by atoms with van der Waals surface area (Å²) < 4.78 is 1.92. The summed E-state index contributed by atoms with van der Waals surface area (Å²) in [5.41, 5.74) is 2.91. The third-order valence-corrected chi connectivity index (χ3v) is 5.81. The Hall–Kier alpha value is -3.86. The van der Waals surface area contributed by atoms with Crippen molar-refractivity contribution in [1.82, 2.24) is 19.8 Å². The number of imide groups is 1. The lowest BCUT2D eigenvalue weighted by molar-refractivity contribution is -0.125. The molecule has 0 aliphatic carbocycles. The Labute approximate surface area is 200 Å². The molecule has 0 radical (unpaired) electrons. The van der Waals surface area contributed by atoms with Crippen LogP contribution in [0.5, 0.6) is 0 Å². The fourth-order valence-electron chi connectivity index (χ4n) is 3.64. The van der Waals surface area contributed by atoms with E-state index in [0.717, 1.165) is 21.8 Å². The molecule has 5 amide bonds. The third-order valence-electron chi connectivity index (χ3n) is 5.26. The van der Waals surface area contributed by atoms with Crippen LogP contribution in [0.1, 0.15) is 12.2 Å². The van der Waals surface area contributed by atoms with Gasteiger partial charge in [0.2, 0.25) is 17.7 Å². The van der Waals surface area contributed by atoms with Gasteiger partial charge < -0.3 is 20.5 Å². The number of benzene rings is 2. The summed E-state index contributed by atoms with van der Waals surface area (Å²) >= 11 is 1.64. The van der Waals surface area contributed by atoms with E-state index in [4.69, 9.17) is 0 Å². The summed E-state index contributed by atoms with van der Waals surface area (Å²) in [5, 5.41) is 8.00. The molecule has 4 rings (SSSR count). The second-order valence-electron chi connectivity index (χ2n) is 7.66. The zero-order chi connectivity index (χ0) is 24.1. The molecule has 1 aliphatic rings. The molecule has 0 bridgehead atoms. The Bertz CT molecular complexity index is 1220. The molecule has 0 saturated carbocycles. The fraction of sp³-hybridized carbons (Fsp3) is 0.261. The summed E-state index contributed by atoms with van der Waals surface area (Å²) in [5.74, 6) is 0.693. The van der Waals surface area contributed by atoms with E-state index in [-0.39, 0.29) is 43.8 Å². The molecular formula is C23H24N6O4S. The van der Waals surface area contributed by atoms with Gasteiger partial charge in [-0.15, -0.1) is 0 Å². The number of fused-ring (bicyclic) bond motifs is 1. The molecule has 34 heavy (non-hydrogen) atoms. The maximum absolute atomic E-state index is 12.7. The van der Waals surface area contributed by atoms with Gasteiger partial charge in [-0.05, 0) is 42.7 Å². The second-order valence-corrected chi connectivity index (χ2v) is 8.53. The van der Waals surface area contributed by atoms with Crippen LogP contribution in [0.25, 0.3) is 11.0 Å². The number of hydrogen-bond acceptors (Lipinski definition) is 6. The molecule has 0 spiro atoms. The smallest absolute Gasteiger partial charge is 0.324 e. The Morgan fingerprint density at radius 3 is 2.35 bits per heavy atom. The minimum Gasteiger partial charge on any atom is -0.329 e. The number of urea groups is 1. The first-order valence-corrected chi connectivity index (χ1v) is 12.0. The zero-order valence-electron chi connectivity index (χ0n) is 18.5. The molecule has 3 aromatic rings. The summed E-state index contributed by atoms with van der Waals surface area (Å²) in [6, 6.07) is 14.0. The molecule has 176 valence electrons. The second kappa shape index (κ2) is 10.4. The Morgan fingerprint density at radius 1 is 1.03 bits per heavy atom. The number of para-hydroxylation sites is 2. The van der Waals surface area contributed by atoms with E-state index in [1.54, 1.807) is 36.0 Å². The van der Waals surface area contributed by atoms with E-state index >= 15 is 0 Å². The highest BCUT2D eigenvalue weighted by Gasteiger charge is 2.28. The van der Waals surface area contributed by atoms with E-state index < -0.39 is 6.03 Å². The summed E-state index contributed by atoms with van der Waals surface area (Å²) in [7, 11) is 0. The standard InChI is InChI=1S/C23H24N6O4S/c1-34-14-19-27-17-4-2-3-5-18(17)29(19)13-21(31)26-16-8-6-15(7-9-16)25-20(30)10-11-28-22(32)12-24-23(28)33/h2-9H,10-14H2,1H3,(H,24,33)(H,25,30)(H,26,31). The van der Waals surface area contributed by atoms with Crippen LogP contribution in [0.4, 0.5) is 16.2 Å². The van der Waals surface area contributed by atoms with Gasteiger partial charge in [-0.3, -0.25) is 19.3 Å². The molecule has 2 heterocycles. The zero-order valence-corrected chi connectivity index (χ0v) is 19.4. The highest BCUT2D eigenvalue weighted by Crippen LogP contribution is 2.20. The molecule has 1 fully saturated rings. The monoisotopic (exact) mass is 480 g/mol. The SMILES string of the molecule is CSCc1nc2ccccc2n1CC(=O)Nc1ccc(NC(=O)CCN2C(=O)CNC2=O)cc1. The number of carbonyl (C=O) groups excluding carboxylic acids is 4. The van der Waals surface area contributed by atoms with Crippen molar-refractivity contribution in [3.8, 4) is 0 Å². The Morgan fingerprint density at radius 2 is 1.71 bits per heavy atom. The Balaban J connectivity index is 1.32. The van der Waals surface area contributed by atoms with Gasteiger partial charge in [-0.1, -0.05) is 12.1 Å². The van der Waals surface area contributed by atoms with Crippen LogP contribution in [0.3, 0.4) is 0 Å². The van der Waals surface area contributed by atoms with Crippen LogP contribution < -0.4 is 16.0 Å². The average molecular weight is 481 g/mol. The molecule has 11 heteroatoms. The number of carbonyl (C=O) groups is 4. The van der Waals surface area contributed by atoms with Crippen molar-refractivity contribution in [3.05, 3.63) is 54.4 Å². The van der Waals surface area contributed by atoms with Crippen molar-refractivity contribution in [2.75, 3.05) is 30.0 Å². The van der Waals surface area contributed by atoms with Gasteiger partial charge in [-0.25, -0.2) is 9.78 Å². The van der Waals surface area contributed by atoms with Gasteiger partial charge >= 0.3 is 6.03 Å². The molecule has 3 N–H and O–H groups in total. The van der Waals surface area contributed by atoms with Crippen LogP contribution in [0, 0.1) is 0 Å². The molecular weight excluding hydrogens is 456 g/mol. The van der Waals surface area contributed by atoms with Gasteiger partial charge in [0.05, 0.1) is 23.3 Å². The summed E-state index contributed by atoms with van der Waals surface area (Å²) in [6.45, 7) is 0.118. The number of anilines is 2. The molecule has 1 aliphatic heterocycles. The number of nitrogens with zero attached hydrogens (tertiary/aromatic N) is 3. The largest absolute Gasteiger partial charge is 0.329 e. The molecule has 1 saturated heterocycles. The van der Waals surface area contributed by atoms with E-state index in [2.05, 4.69) is 20.9 Å². The minimum absolute atomic E-state index is 0.00507. The Kier molecular flexibility index (Phi) is 7.12. The van der Waals surface area contributed by atoms with Crippen molar-refractivity contribution >= 4 is 57.9 Å². The van der Waals surface area contributed by atoms with Gasteiger partial charge in [0.1, 0.15) is 12.4 Å². The molecule has 10 nitrogen and oxygen atoms in total. The van der Waals surface area contributed by atoms with Gasteiger partial charge in [0.15, 0.2) is 0 Å². The molecule has 2 aromatic carbocycles. The highest BCUT2D eigenvalue weighted by atomic mass is 32.2. The summed E-state index contributed by atoms with van der Waals surface area (Å²) in [4.78, 5) is 53.6. The van der Waals surface area contributed by atoms with Gasteiger partial charge in [0.25, 0.3) is 0 Å². The maximum atomic E-state index is 12.7. The minimum atomic E-state index is -0.484. The number of aromatic nitrogens is 2. The van der Waals surface area contributed by atoms with E-state index in [1.807, 2.05) is 35.1 Å². The molecule has 0 unspecified atom stereocenters. The quantitative estimate of drug-likeness (QED) is 0.404. The van der Waals surface area contributed by atoms with Gasteiger partial charge in [-0.2, -0.15) is 11.8 Å². The lowest BCUT2D eigenvalue weighted by atomic mass is 10.2. The normalized spacial score (nSPS) is 13.3. The molecule has 0 atom stereocenters. The first-order chi connectivity index (χ1) is 16.4. The van der Waals surface area contributed by atoms with Crippen molar-refractivity contribution in [1.29, 1.82) is 0 Å². The highest BCUT2D eigenvalue weighted by molar-refractivity contribution is 7.97. The third kappa shape index (κ3) is 5.37. The van der Waals surface area contributed by atoms with Crippen molar-refractivity contribution in [3.63, 3.8) is 0 Å². The van der Waals surface area contributed by atoms with Crippen LogP contribution >= 0.6 is 11.8 Å². The van der Waals surface area contributed by atoms with Crippen LogP contribution in [-0.2, 0) is 26.7 Å². The lowest BCUT2D eigenvalue weighted by Crippen LogP contribution is -2.33. The predicted molar refractivity (Wildman–Crippen MR) is 130 cm³/mol. The average Bonchev–Trinajstić information content (AvgIpc) is 3.33. The number of rotatable bonds is 9. The van der Waals surface area contributed by atoms with Crippen molar-refractivity contribution in [2.24, 2.45) is 0 Å². The van der Waals surface area contributed by atoms with E-state index in [9.17, 15) is 19.2 Å². The molecule has 1 aromatic heterocycles. The van der Waals surface area contributed by atoms with E-state index in [1.165, 1.54) is 0 Å². The van der Waals surface area contributed by atoms with Crippen LogP contribution in [0.2, 0.25) is 0 Å². The number of thioether (sulfide) groups is 1. The first kappa shape index (κ1) is 23.3. The number of imidazole rings is 1. The number of hydrogen-bond donors (Lipinski definition) is 3. The van der Waals surface area contributed by atoms with E-state index in [0.29, 0.717) is 17.1 Å². The predicted octanol–water partition coefficient (Wildman–Crippen LogP) is 2.42. The van der Waals surface area contributed by atoms with Crippen LogP contribution in [-0.4, -0.2) is 57.5 Å². The maximum Gasteiger partial charge on any atom is 0.324 e. The summed E-state index contributed by atoms with van der Waals surface area (Å²) in [6.07, 6.45) is 1.99. The number of nitrogens with one attached hydrogen (secondary N) is 3. The first-order valence-electron chi connectivity index (χ1n) is 10.7. The lowest BCUT2D eigenvalue weighted by Gasteiger charge is -2.12. The topological polar surface area (TPSA) is 125 Å².